The van der Waals surface area contributed by atoms with Crippen molar-refractivity contribution in [2.45, 2.75) is 19.0 Å². The molecule has 0 spiro atoms. The number of ether oxygens (including phenoxy) is 1. The van der Waals surface area contributed by atoms with Crippen molar-refractivity contribution in [2.24, 2.45) is 5.92 Å². The van der Waals surface area contributed by atoms with Crippen molar-refractivity contribution in [1.82, 2.24) is 19.9 Å². The van der Waals surface area contributed by atoms with Gasteiger partial charge in [-0.05, 0) is 37.0 Å². The SMILES string of the molecule is FC(F)(F)c1cc(N2CCC(COc3ccccn3)CC2)nc(-c2ccncc2)n1. The lowest BCUT2D eigenvalue weighted by Gasteiger charge is -2.33. The minimum absolute atomic E-state index is 0.0443. The first-order valence-electron chi connectivity index (χ1n) is 9.64. The number of rotatable bonds is 5. The van der Waals surface area contributed by atoms with Gasteiger partial charge in [0.15, 0.2) is 11.5 Å². The van der Waals surface area contributed by atoms with Gasteiger partial charge in [0.05, 0.1) is 6.61 Å². The van der Waals surface area contributed by atoms with E-state index in [9.17, 15) is 13.2 Å². The van der Waals surface area contributed by atoms with Crippen molar-refractivity contribution in [3.63, 3.8) is 0 Å². The van der Waals surface area contributed by atoms with Crippen molar-refractivity contribution in [1.29, 1.82) is 0 Å². The van der Waals surface area contributed by atoms with Crippen LogP contribution in [-0.2, 0) is 6.18 Å². The number of piperidine rings is 1. The first-order chi connectivity index (χ1) is 14.5. The molecular weight excluding hydrogens is 395 g/mol. The van der Waals surface area contributed by atoms with Gasteiger partial charge in [-0.15, -0.1) is 0 Å². The number of pyridine rings is 2. The molecule has 6 nitrogen and oxygen atoms in total. The molecule has 9 heteroatoms. The predicted molar refractivity (Wildman–Crippen MR) is 105 cm³/mol. The highest BCUT2D eigenvalue weighted by atomic mass is 19.4. The van der Waals surface area contributed by atoms with Crippen molar-refractivity contribution in [2.75, 3.05) is 24.6 Å². The van der Waals surface area contributed by atoms with Crippen molar-refractivity contribution >= 4 is 5.82 Å². The highest BCUT2D eigenvalue weighted by Gasteiger charge is 2.34. The number of hydrogen-bond acceptors (Lipinski definition) is 6. The summed E-state index contributed by atoms with van der Waals surface area (Å²) in [5.74, 6) is 1.22. The standard InChI is InChI=1S/C21H20F3N5O/c22-21(23,24)17-13-18(28-20(27-17)16-4-9-25-10-5-16)29-11-6-15(7-12-29)14-30-19-3-1-2-8-26-19/h1-5,8-10,13,15H,6-7,11-12,14H2. The van der Waals surface area contributed by atoms with Gasteiger partial charge in [-0.1, -0.05) is 6.07 Å². The fourth-order valence-electron chi connectivity index (χ4n) is 3.34. The summed E-state index contributed by atoms with van der Waals surface area (Å²) in [6.07, 6.45) is 1.73. The van der Waals surface area contributed by atoms with E-state index in [1.165, 1.54) is 12.4 Å². The van der Waals surface area contributed by atoms with Crippen LogP contribution in [0, 0.1) is 5.92 Å². The predicted octanol–water partition coefficient (Wildman–Crippen LogP) is 4.25. The Morgan fingerprint density at radius 1 is 1.00 bits per heavy atom. The van der Waals surface area contributed by atoms with Crippen LogP contribution in [0.3, 0.4) is 0 Å². The molecule has 1 aliphatic rings. The maximum absolute atomic E-state index is 13.4. The van der Waals surface area contributed by atoms with Crippen molar-refractivity contribution < 1.29 is 17.9 Å². The first-order valence-corrected chi connectivity index (χ1v) is 9.64. The zero-order valence-electron chi connectivity index (χ0n) is 16.1. The zero-order valence-corrected chi connectivity index (χ0v) is 16.1. The summed E-state index contributed by atoms with van der Waals surface area (Å²) in [7, 11) is 0. The Morgan fingerprint density at radius 2 is 1.77 bits per heavy atom. The van der Waals surface area contributed by atoms with E-state index in [0.29, 0.717) is 37.1 Å². The third kappa shape index (κ3) is 4.84. The maximum Gasteiger partial charge on any atom is 0.433 e. The van der Waals surface area contributed by atoms with E-state index in [0.717, 1.165) is 18.9 Å². The van der Waals surface area contributed by atoms with E-state index in [-0.39, 0.29) is 11.6 Å². The van der Waals surface area contributed by atoms with Gasteiger partial charge in [0.1, 0.15) is 5.82 Å². The van der Waals surface area contributed by atoms with Gasteiger partial charge in [0.2, 0.25) is 5.88 Å². The molecule has 0 amide bonds. The molecule has 4 rings (SSSR count). The van der Waals surface area contributed by atoms with Gasteiger partial charge < -0.3 is 9.64 Å². The number of nitrogens with zero attached hydrogens (tertiary/aromatic N) is 5. The summed E-state index contributed by atoms with van der Waals surface area (Å²) in [6, 6.07) is 9.70. The smallest absolute Gasteiger partial charge is 0.433 e. The summed E-state index contributed by atoms with van der Waals surface area (Å²) in [6.45, 7) is 1.73. The summed E-state index contributed by atoms with van der Waals surface area (Å²) in [4.78, 5) is 18.0. The zero-order chi connectivity index (χ0) is 21.0. The second-order valence-electron chi connectivity index (χ2n) is 7.08. The van der Waals surface area contributed by atoms with E-state index in [2.05, 4.69) is 19.9 Å². The molecule has 0 saturated carbocycles. The molecule has 1 aliphatic heterocycles. The Hall–Kier alpha value is -3.23. The number of halogens is 3. The third-order valence-electron chi connectivity index (χ3n) is 4.98. The topological polar surface area (TPSA) is 64.0 Å². The molecule has 0 atom stereocenters. The second-order valence-corrected chi connectivity index (χ2v) is 7.08. The van der Waals surface area contributed by atoms with Gasteiger partial charge in [-0.3, -0.25) is 4.98 Å². The molecule has 0 unspecified atom stereocenters. The summed E-state index contributed by atoms with van der Waals surface area (Å²) >= 11 is 0. The third-order valence-corrected chi connectivity index (χ3v) is 4.98. The molecule has 3 aromatic heterocycles. The quantitative estimate of drug-likeness (QED) is 0.621. The monoisotopic (exact) mass is 415 g/mol. The van der Waals surface area contributed by atoms with Crippen LogP contribution in [0.4, 0.5) is 19.0 Å². The molecule has 0 aromatic carbocycles. The van der Waals surface area contributed by atoms with Gasteiger partial charge in [-0.2, -0.15) is 13.2 Å². The Morgan fingerprint density at radius 3 is 2.43 bits per heavy atom. The average Bonchev–Trinajstić information content (AvgIpc) is 2.78. The number of alkyl halides is 3. The fraction of sp³-hybridized carbons (Fsp3) is 0.333. The molecule has 0 aliphatic carbocycles. The van der Waals surface area contributed by atoms with Crippen LogP contribution >= 0.6 is 0 Å². The molecule has 1 saturated heterocycles. The lowest BCUT2D eigenvalue weighted by atomic mass is 9.98. The van der Waals surface area contributed by atoms with E-state index in [1.807, 2.05) is 17.0 Å². The van der Waals surface area contributed by atoms with Crippen LogP contribution in [-0.4, -0.2) is 39.6 Å². The van der Waals surface area contributed by atoms with Gasteiger partial charge in [0.25, 0.3) is 0 Å². The van der Waals surface area contributed by atoms with Gasteiger partial charge in [-0.25, -0.2) is 15.0 Å². The normalized spacial score (nSPS) is 15.2. The van der Waals surface area contributed by atoms with E-state index >= 15 is 0 Å². The van der Waals surface area contributed by atoms with E-state index in [4.69, 9.17) is 4.74 Å². The highest BCUT2D eigenvalue weighted by Crippen LogP contribution is 2.32. The summed E-state index contributed by atoms with van der Waals surface area (Å²) in [5.41, 5.74) is -0.448. The van der Waals surface area contributed by atoms with Crippen LogP contribution in [0.25, 0.3) is 11.4 Å². The number of aromatic nitrogens is 4. The maximum atomic E-state index is 13.4. The molecular formula is C21H20F3N5O. The Balaban J connectivity index is 1.47. The van der Waals surface area contributed by atoms with Crippen LogP contribution in [0.1, 0.15) is 18.5 Å². The molecule has 3 aromatic rings. The largest absolute Gasteiger partial charge is 0.477 e. The summed E-state index contributed by atoms with van der Waals surface area (Å²) < 4.78 is 45.9. The average molecular weight is 415 g/mol. The molecule has 156 valence electrons. The Bertz CT molecular complexity index is 961. The number of hydrogen-bond donors (Lipinski definition) is 0. The molecule has 0 radical (unpaired) electrons. The van der Waals surface area contributed by atoms with Crippen LogP contribution in [0.2, 0.25) is 0 Å². The fourth-order valence-corrected chi connectivity index (χ4v) is 3.34. The molecule has 30 heavy (non-hydrogen) atoms. The van der Waals surface area contributed by atoms with Crippen LogP contribution in [0.15, 0.2) is 55.0 Å². The van der Waals surface area contributed by atoms with Crippen molar-refractivity contribution in [3.05, 3.63) is 60.7 Å². The van der Waals surface area contributed by atoms with E-state index in [1.54, 1.807) is 24.4 Å². The second kappa shape index (κ2) is 8.64. The number of anilines is 1. The lowest BCUT2D eigenvalue weighted by molar-refractivity contribution is -0.141. The minimum atomic E-state index is -4.55. The van der Waals surface area contributed by atoms with Crippen LogP contribution < -0.4 is 9.64 Å². The molecule has 0 N–H and O–H groups in total. The molecule has 4 heterocycles. The summed E-state index contributed by atoms with van der Waals surface area (Å²) in [5, 5.41) is 0. The highest BCUT2D eigenvalue weighted by molar-refractivity contribution is 5.57. The Kier molecular flexibility index (Phi) is 5.78. The minimum Gasteiger partial charge on any atom is -0.477 e. The lowest BCUT2D eigenvalue weighted by Crippen LogP contribution is -2.36. The Labute approximate surface area is 171 Å². The molecule has 1 fully saturated rings. The van der Waals surface area contributed by atoms with Gasteiger partial charge >= 0.3 is 6.18 Å². The van der Waals surface area contributed by atoms with Gasteiger partial charge in [0, 0.05) is 49.4 Å². The van der Waals surface area contributed by atoms with Crippen molar-refractivity contribution in [3.8, 4) is 17.3 Å². The molecule has 0 bridgehead atoms. The van der Waals surface area contributed by atoms with E-state index < -0.39 is 11.9 Å². The first kappa shape index (κ1) is 20.1. The van der Waals surface area contributed by atoms with Crippen LogP contribution in [0.5, 0.6) is 5.88 Å².